The first kappa shape index (κ1) is 20.8. The van der Waals surface area contributed by atoms with Crippen LogP contribution in [0.5, 0.6) is 0 Å². The third-order valence-corrected chi connectivity index (χ3v) is 6.43. The van der Waals surface area contributed by atoms with Gasteiger partial charge in [-0.1, -0.05) is 31.0 Å². The zero-order valence-electron chi connectivity index (χ0n) is 17.3. The fraction of sp³-hybridized carbons (Fsp3) is 0.636. The highest BCUT2D eigenvalue weighted by atomic mass is 19.1. The molecular weight excluding hydrogens is 357 g/mol. The number of fused-ring (bicyclic) bond motifs is 1. The molecule has 0 saturated carbocycles. The topological polar surface area (TPSA) is 43.9 Å². The van der Waals surface area contributed by atoms with Gasteiger partial charge in [-0.15, -0.1) is 0 Å². The Labute approximate surface area is 167 Å². The maximum atomic E-state index is 13.9. The van der Waals surface area contributed by atoms with Gasteiger partial charge in [0.15, 0.2) is 0 Å². The Morgan fingerprint density at radius 3 is 2.68 bits per heavy atom. The average Bonchev–Trinajstić information content (AvgIpc) is 2.94. The summed E-state index contributed by atoms with van der Waals surface area (Å²) in [4.78, 5) is 31.2. The second kappa shape index (κ2) is 8.60. The van der Waals surface area contributed by atoms with Gasteiger partial charge in [0, 0.05) is 32.1 Å². The highest BCUT2D eigenvalue weighted by molar-refractivity contribution is 5.80. The van der Waals surface area contributed by atoms with Gasteiger partial charge < -0.3 is 9.80 Å². The van der Waals surface area contributed by atoms with Crippen molar-refractivity contribution in [3.63, 3.8) is 0 Å². The third-order valence-electron chi connectivity index (χ3n) is 6.43. The number of nitrogens with zero attached hydrogens (tertiary/aromatic N) is 3. The lowest BCUT2D eigenvalue weighted by atomic mass is 9.85. The van der Waals surface area contributed by atoms with Gasteiger partial charge in [-0.3, -0.25) is 14.5 Å². The minimum absolute atomic E-state index is 0.0612. The quantitative estimate of drug-likeness (QED) is 0.795. The fourth-order valence-electron chi connectivity index (χ4n) is 4.94. The van der Waals surface area contributed by atoms with Crippen molar-refractivity contribution in [3.05, 3.63) is 35.6 Å². The molecule has 3 rings (SSSR count). The average molecular weight is 390 g/mol. The first-order valence-corrected chi connectivity index (χ1v) is 10.3. The van der Waals surface area contributed by atoms with E-state index < -0.39 is 0 Å². The second-order valence-corrected chi connectivity index (χ2v) is 8.49. The van der Waals surface area contributed by atoms with E-state index in [2.05, 4.69) is 6.92 Å². The molecule has 0 aliphatic carbocycles. The van der Waals surface area contributed by atoms with E-state index >= 15 is 0 Å². The highest BCUT2D eigenvalue weighted by Crippen LogP contribution is 2.38. The Hall–Kier alpha value is -1.95. The van der Waals surface area contributed by atoms with Gasteiger partial charge in [-0.05, 0) is 39.3 Å². The Balaban J connectivity index is 1.69. The maximum absolute atomic E-state index is 13.9. The lowest BCUT2D eigenvalue weighted by Gasteiger charge is -2.45. The van der Waals surface area contributed by atoms with Crippen LogP contribution in [0, 0.1) is 5.82 Å². The van der Waals surface area contributed by atoms with Crippen molar-refractivity contribution in [1.82, 2.24) is 14.7 Å². The van der Waals surface area contributed by atoms with E-state index in [1.807, 2.05) is 27.8 Å². The lowest BCUT2D eigenvalue weighted by molar-refractivity contribution is -0.141. The summed E-state index contributed by atoms with van der Waals surface area (Å²) in [6.45, 7) is 5.88. The van der Waals surface area contributed by atoms with Crippen molar-refractivity contribution >= 4 is 11.8 Å². The molecule has 0 aromatic heterocycles. The minimum Gasteiger partial charge on any atom is -0.336 e. The van der Waals surface area contributed by atoms with E-state index in [1.54, 1.807) is 19.1 Å². The summed E-state index contributed by atoms with van der Waals surface area (Å²) in [6, 6.07) is 6.74. The maximum Gasteiger partial charge on any atom is 0.237 e. The van der Waals surface area contributed by atoms with Crippen molar-refractivity contribution < 1.29 is 14.0 Å². The van der Waals surface area contributed by atoms with Crippen LogP contribution in [0.4, 0.5) is 4.39 Å². The van der Waals surface area contributed by atoms with Crippen LogP contribution in [0.2, 0.25) is 0 Å². The van der Waals surface area contributed by atoms with E-state index in [4.69, 9.17) is 0 Å². The van der Waals surface area contributed by atoms with Crippen LogP contribution in [0.1, 0.15) is 51.5 Å². The molecule has 0 spiro atoms. The standard InChI is InChI=1S/C22H32FN3O2/c1-17(27)26-13-8-4-5-11-20-22(26,2)12-14-25(20)21(28)16-24(3)15-18-9-6-7-10-19(18)23/h6-7,9-10,20H,4-5,8,11-16H2,1-3H3/t20-,22-/m0/s1. The number of carbonyl (C=O) groups is 2. The predicted octanol–water partition coefficient (Wildman–Crippen LogP) is 3.04. The normalized spacial score (nSPS) is 25.4. The number of hydrogen-bond acceptors (Lipinski definition) is 3. The molecule has 2 amide bonds. The zero-order valence-corrected chi connectivity index (χ0v) is 17.3. The van der Waals surface area contributed by atoms with Gasteiger partial charge in [0.25, 0.3) is 0 Å². The largest absolute Gasteiger partial charge is 0.336 e. The van der Waals surface area contributed by atoms with Crippen molar-refractivity contribution in [2.24, 2.45) is 0 Å². The molecule has 2 aliphatic heterocycles. The van der Waals surface area contributed by atoms with Crippen molar-refractivity contribution in [1.29, 1.82) is 0 Å². The molecular formula is C22H32FN3O2. The minimum atomic E-state index is -0.286. The molecule has 0 radical (unpaired) electrons. The van der Waals surface area contributed by atoms with Crippen LogP contribution < -0.4 is 0 Å². The molecule has 1 aromatic rings. The number of halogens is 1. The van der Waals surface area contributed by atoms with Crippen LogP contribution >= 0.6 is 0 Å². The van der Waals surface area contributed by atoms with Crippen molar-refractivity contribution in [3.8, 4) is 0 Å². The molecule has 0 unspecified atom stereocenters. The molecule has 154 valence electrons. The van der Waals surface area contributed by atoms with E-state index in [1.165, 1.54) is 6.07 Å². The SMILES string of the molecule is CC(=O)N1CCCCC[C@@H]2N(C(=O)CN(C)Cc3ccccc3F)CC[C@@]21C. The summed E-state index contributed by atoms with van der Waals surface area (Å²) in [5.41, 5.74) is 0.309. The molecule has 5 nitrogen and oxygen atoms in total. The molecule has 6 heteroatoms. The predicted molar refractivity (Wildman–Crippen MR) is 107 cm³/mol. The molecule has 0 bridgehead atoms. The van der Waals surface area contributed by atoms with Gasteiger partial charge in [0.05, 0.1) is 18.1 Å². The van der Waals surface area contributed by atoms with E-state index in [9.17, 15) is 14.0 Å². The van der Waals surface area contributed by atoms with Gasteiger partial charge in [0.2, 0.25) is 11.8 Å². The molecule has 28 heavy (non-hydrogen) atoms. The monoisotopic (exact) mass is 389 g/mol. The zero-order chi connectivity index (χ0) is 20.3. The first-order valence-electron chi connectivity index (χ1n) is 10.3. The number of hydrogen-bond donors (Lipinski definition) is 0. The Morgan fingerprint density at radius 2 is 1.96 bits per heavy atom. The molecule has 2 saturated heterocycles. The number of amides is 2. The Morgan fingerprint density at radius 1 is 1.21 bits per heavy atom. The van der Waals surface area contributed by atoms with Crippen LogP contribution in [0.25, 0.3) is 0 Å². The summed E-state index contributed by atoms with van der Waals surface area (Å²) in [7, 11) is 1.85. The third kappa shape index (κ3) is 4.22. The molecule has 2 atom stereocenters. The molecule has 2 aliphatic rings. The number of carbonyl (C=O) groups excluding carboxylic acids is 2. The Kier molecular flexibility index (Phi) is 6.38. The molecule has 2 heterocycles. The van der Waals surface area contributed by atoms with E-state index in [0.717, 1.165) is 38.6 Å². The first-order chi connectivity index (χ1) is 13.3. The van der Waals surface area contributed by atoms with Gasteiger partial charge in [0.1, 0.15) is 5.82 Å². The summed E-state index contributed by atoms with van der Waals surface area (Å²) in [6.07, 6.45) is 4.96. The molecule has 2 fully saturated rings. The van der Waals surface area contributed by atoms with Crippen molar-refractivity contribution in [2.75, 3.05) is 26.7 Å². The molecule has 0 N–H and O–H groups in total. The summed E-state index contributed by atoms with van der Waals surface area (Å²) in [5, 5.41) is 0. The van der Waals surface area contributed by atoms with Crippen molar-refractivity contribution in [2.45, 2.75) is 64.1 Å². The van der Waals surface area contributed by atoms with Gasteiger partial charge >= 0.3 is 0 Å². The van der Waals surface area contributed by atoms with Gasteiger partial charge in [-0.2, -0.15) is 0 Å². The Bertz CT molecular complexity index is 725. The van der Waals surface area contributed by atoms with Crippen LogP contribution in [0.3, 0.4) is 0 Å². The summed E-state index contributed by atoms with van der Waals surface area (Å²) < 4.78 is 13.9. The van der Waals surface area contributed by atoms with Crippen LogP contribution in [-0.2, 0) is 16.1 Å². The highest BCUT2D eigenvalue weighted by Gasteiger charge is 2.50. The number of likely N-dealkylation sites (N-methyl/N-ethyl adjacent to an activating group) is 1. The van der Waals surface area contributed by atoms with E-state index in [-0.39, 0.29) is 35.8 Å². The second-order valence-electron chi connectivity index (χ2n) is 8.49. The fourth-order valence-corrected chi connectivity index (χ4v) is 4.94. The number of likely N-dealkylation sites (tertiary alicyclic amines) is 2. The van der Waals surface area contributed by atoms with Crippen LogP contribution in [0.15, 0.2) is 24.3 Å². The van der Waals surface area contributed by atoms with Gasteiger partial charge in [-0.25, -0.2) is 4.39 Å². The summed E-state index contributed by atoms with van der Waals surface area (Å²) >= 11 is 0. The number of benzene rings is 1. The van der Waals surface area contributed by atoms with E-state index in [0.29, 0.717) is 18.7 Å². The lowest BCUT2D eigenvalue weighted by Crippen LogP contribution is -2.58. The summed E-state index contributed by atoms with van der Waals surface area (Å²) in [5.74, 6) is -0.0790. The molecule has 1 aromatic carbocycles. The smallest absolute Gasteiger partial charge is 0.237 e. The number of rotatable bonds is 4. The van der Waals surface area contributed by atoms with Crippen LogP contribution in [-0.4, -0.2) is 64.8 Å².